The highest BCUT2D eigenvalue weighted by atomic mass is 16.4. The minimum absolute atomic E-state index is 0.170. The number of hydrogen-bond acceptors (Lipinski definition) is 6. The smallest absolute Gasteiger partial charge is 0.326 e. The molecule has 5 unspecified atom stereocenters. The Labute approximate surface area is 226 Å². The van der Waals surface area contributed by atoms with Gasteiger partial charge in [-0.15, -0.1) is 0 Å². The molecule has 3 rings (SSSR count). The van der Waals surface area contributed by atoms with E-state index in [0.717, 1.165) is 16.5 Å². The number of nitrogens with two attached hydrogens (primary N) is 2. The zero-order valence-electron chi connectivity index (χ0n) is 22.3. The number of likely N-dealkylation sites (tertiary alicyclic amines) is 1. The van der Waals surface area contributed by atoms with Crippen molar-refractivity contribution >= 4 is 40.5 Å². The number of para-hydroxylation sites is 1. The minimum Gasteiger partial charge on any atom is -0.480 e. The lowest BCUT2D eigenvalue weighted by Gasteiger charge is -2.30. The molecule has 4 amide bonds. The van der Waals surface area contributed by atoms with Crippen molar-refractivity contribution in [3.63, 3.8) is 0 Å². The number of benzene rings is 1. The maximum absolute atomic E-state index is 13.3. The average molecular weight is 543 g/mol. The molecule has 1 aliphatic heterocycles. The fourth-order valence-corrected chi connectivity index (χ4v) is 4.90. The second-order valence-electron chi connectivity index (χ2n) is 10.1. The van der Waals surface area contributed by atoms with Crippen molar-refractivity contribution in [3.8, 4) is 0 Å². The number of aromatic amines is 1. The summed E-state index contributed by atoms with van der Waals surface area (Å²) in [6.07, 6.45) is 3.30. The Kier molecular flexibility index (Phi) is 10.0. The van der Waals surface area contributed by atoms with Crippen LogP contribution in [0.4, 0.5) is 0 Å². The lowest BCUT2D eigenvalue weighted by molar-refractivity contribution is -0.143. The van der Waals surface area contributed by atoms with Gasteiger partial charge in [-0.1, -0.05) is 38.5 Å². The topological polar surface area (TPSA) is 201 Å². The molecule has 12 heteroatoms. The number of carboxylic acid groups (broad SMARTS) is 1. The number of primary amides is 1. The normalized spacial score (nSPS) is 18.2. The second kappa shape index (κ2) is 13.2. The summed E-state index contributed by atoms with van der Waals surface area (Å²) in [5.74, 6) is -3.84. The lowest BCUT2D eigenvalue weighted by Crippen LogP contribution is -2.58. The molecule has 212 valence electrons. The van der Waals surface area contributed by atoms with E-state index in [9.17, 15) is 29.1 Å². The van der Waals surface area contributed by atoms with Crippen molar-refractivity contribution in [1.82, 2.24) is 20.5 Å². The zero-order valence-corrected chi connectivity index (χ0v) is 22.3. The van der Waals surface area contributed by atoms with Gasteiger partial charge in [0.1, 0.15) is 18.1 Å². The highest BCUT2D eigenvalue weighted by Gasteiger charge is 2.39. The minimum atomic E-state index is -1.33. The second-order valence-corrected chi connectivity index (χ2v) is 10.1. The summed E-state index contributed by atoms with van der Waals surface area (Å²) in [5.41, 5.74) is 13.3. The number of aliphatic carboxylic acids is 1. The highest BCUT2D eigenvalue weighted by molar-refractivity contribution is 5.95. The average Bonchev–Trinajstić information content (AvgIpc) is 3.56. The molecule has 1 aromatic heterocycles. The lowest BCUT2D eigenvalue weighted by atomic mass is 9.97. The van der Waals surface area contributed by atoms with Gasteiger partial charge in [0.05, 0.1) is 6.04 Å². The quantitative estimate of drug-likeness (QED) is 0.210. The SMILES string of the molecule is CCC(C)C(NC(=O)C1CCCN1C(=O)C(N)Cc1c[nH]c2ccccc12)C(=O)NC(CCC(N)=O)C(=O)O. The first-order chi connectivity index (χ1) is 18.5. The van der Waals surface area contributed by atoms with Crippen molar-refractivity contribution in [3.05, 3.63) is 36.0 Å². The summed E-state index contributed by atoms with van der Waals surface area (Å²) in [6.45, 7) is 3.97. The molecule has 39 heavy (non-hydrogen) atoms. The van der Waals surface area contributed by atoms with Crippen LogP contribution in [-0.4, -0.2) is 75.3 Å². The first-order valence-corrected chi connectivity index (χ1v) is 13.3. The predicted octanol–water partition coefficient (Wildman–Crippen LogP) is 0.395. The van der Waals surface area contributed by atoms with Crippen molar-refractivity contribution in [2.45, 2.75) is 76.5 Å². The van der Waals surface area contributed by atoms with Gasteiger partial charge in [-0.3, -0.25) is 19.2 Å². The van der Waals surface area contributed by atoms with Gasteiger partial charge in [0.2, 0.25) is 23.6 Å². The van der Waals surface area contributed by atoms with Crippen LogP contribution in [0.15, 0.2) is 30.5 Å². The first kappa shape index (κ1) is 29.6. The van der Waals surface area contributed by atoms with Gasteiger partial charge in [-0.25, -0.2) is 4.79 Å². The number of nitrogens with zero attached hydrogens (tertiary/aromatic N) is 1. The third-order valence-electron chi connectivity index (χ3n) is 7.36. The van der Waals surface area contributed by atoms with Gasteiger partial charge < -0.3 is 37.1 Å². The molecule has 0 spiro atoms. The van der Waals surface area contributed by atoms with Gasteiger partial charge in [0.15, 0.2) is 0 Å². The molecular formula is C27H38N6O6. The van der Waals surface area contributed by atoms with Crippen LogP contribution in [0.5, 0.6) is 0 Å². The predicted molar refractivity (Wildman–Crippen MR) is 144 cm³/mol. The molecule has 8 N–H and O–H groups in total. The van der Waals surface area contributed by atoms with Crippen molar-refractivity contribution in [2.24, 2.45) is 17.4 Å². The number of carbonyl (C=O) groups excluding carboxylic acids is 4. The molecule has 1 saturated heterocycles. The number of hydrogen-bond donors (Lipinski definition) is 6. The van der Waals surface area contributed by atoms with Crippen LogP contribution in [0.2, 0.25) is 0 Å². The van der Waals surface area contributed by atoms with Crippen LogP contribution in [0.1, 0.15) is 51.5 Å². The van der Waals surface area contributed by atoms with E-state index < -0.39 is 47.9 Å². The Bertz CT molecular complexity index is 1210. The summed E-state index contributed by atoms with van der Waals surface area (Å²) < 4.78 is 0. The van der Waals surface area contributed by atoms with Gasteiger partial charge in [0, 0.05) is 30.1 Å². The molecule has 1 aromatic carbocycles. The van der Waals surface area contributed by atoms with Crippen LogP contribution >= 0.6 is 0 Å². The van der Waals surface area contributed by atoms with Gasteiger partial charge in [-0.2, -0.15) is 0 Å². The summed E-state index contributed by atoms with van der Waals surface area (Å²) >= 11 is 0. The van der Waals surface area contributed by atoms with E-state index in [-0.39, 0.29) is 24.7 Å². The Hall–Kier alpha value is -3.93. The van der Waals surface area contributed by atoms with Gasteiger partial charge >= 0.3 is 5.97 Å². The van der Waals surface area contributed by atoms with Gasteiger partial charge in [0.25, 0.3) is 0 Å². The molecule has 5 atom stereocenters. The molecule has 0 saturated carbocycles. The van der Waals surface area contributed by atoms with Crippen LogP contribution in [0.3, 0.4) is 0 Å². The number of H-pyrrole nitrogens is 1. The van der Waals surface area contributed by atoms with Gasteiger partial charge in [-0.05, 0) is 43.2 Å². The Balaban J connectivity index is 1.68. The van der Waals surface area contributed by atoms with Crippen LogP contribution in [0.25, 0.3) is 10.9 Å². The molecular weight excluding hydrogens is 504 g/mol. The molecule has 1 fully saturated rings. The van der Waals surface area contributed by atoms with E-state index in [0.29, 0.717) is 32.2 Å². The zero-order chi connectivity index (χ0) is 28.7. The summed E-state index contributed by atoms with van der Waals surface area (Å²) in [6, 6.07) is 3.70. The van der Waals surface area contributed by atoms with Crippen LogP contribution in [0, 0.1) is 5.92 Å². The number of carbonyl (C=O) groups is 5. The number of amides is 4. The van der Waals surface area contributed by atoms with E-state index in [4.69, 9.17) is 11.5 Å². The maximum Gasteiger partial charge on any atom is 0.326 e. The fraction of sp³-hybridized carbons (Fsp3) is 0.519. The highest BCUT2D eigenvalue weighted by Crippen LogP contribution is 2.23. The number of fused-ring (bicyclic) bond motifs is 1. The summed E-state index contributed by atoms with van der Waals surface area (Å²) in [5, 5.41) is 15.6. The molecule has 0 aliphatic carbocycles. The molecule has 1 aliphatic rings. The standard InChI is InChI=1S/C27H38N6O6/c1-3-15(2)23(25(36)31-20(27(38)39)10-11-22(29)34)32-24(35)21-9-6-12-33(21)26(37)18(28)13-16-14-30-19-8-5-4-7-17(16)19/h4-5,7-8,14-15,18,20-21,23,30H,3,6,9-13,28H2,1-2H3,(H2,29,34)(H,31,36)(H,32,35)(H,38,39). The maximum atomic E-state index is 13.3. The number of carboxylic acids is 1. The van der Waals surface area contributed by atoms with E-state index in [1.807, 2.05) is 37.4 Å². The first-order valence-electron chi connectivity index (χ1n) is 13.3. The van der Waals surface area contributed by atoms with E-state index in [1.54, 1.807) is 6.92 Å². The van der Waals surface area contributed by atoms with Crippen LogP contribution < -0.4 is 22.1 Å². The molecule has 2 aromatic rings. The third kappa shape index (κ3) is 7.34. The van der Waals surface area contributed by atoms with E-state index >= 15 is 0 Å². The van der Waals surface area contributed by atoms with E-state index in [1.165, 1.54) is 4.90 Å². The molecule has 0 bridgehead atoms. The van der Waals surface area contributed by atoms with Crippen molar-refractivity contribution in [2.75, 3.05) is 6.54 Å². The third-order valence-corrected chi connectivity index (χ3v) is 7.36. The van der Waals surface area contributed by atoms with E-state index in [2.05, 4.69) is 15.6 Å². The van der Waals surface area contributed by atoms with Crippen molar-refractivity contribution < 1.29 is 29.1 Å². The largest absolute Gasteiger partial charge is 0.480 e. The summed E-state index contributed by atoms with van der Waals surface area (Å²) in [7, 11) is 0. The Morgan fingerprint density at radius 1 is 1.18 bits per heavy atom. The number of rotatable bonds is 13. The Morgan fingerprint density at radius 3 is 2.56 bits per heavy atom. The molecule has 2 heterocycles. The number of aromatic nitrogens is 1. The molecule has 0 radical (unpaired) electrons. The van der Waals surface area contributed by atoms with Crippen LogP contribution in [-0.2, 0) is 30.4 Å². The Morgan fingerprint density at radius 2 is 1.90 bits per heavy atom. The number of nitrogens with one attached hydrogen (secondary N) is 3. The monoisotopic (exact) mass is 542 g/mol. The fourth-order valence-electron chi connectivity index (χ4n) is 4.90. The van der Waals surface area contributed by atoms with Crippen molar-refractivity contribution in [1.29, 1.82) is 0 Å². The summed E-state index contributed by atoms with van der Waals surface area (Å²) in [4.78, 5) is 67.0. The molecule has 12 nitrogen and oxygen atoms in total.